The van der Waals surface area contributed by atoms with Gasteiger partial charge >= 0.3 is 0 Å². The second-order valence-electron chi connectivity index (χ2n) is 5.10. The summed E-state index contributed by atoms with van der Waals surface area (Å²) >= 11 is 0. The maximum absolute atomic E-state index is 10.6. The first-order valence-corrected chi connectivity index (χ1v) is 5.69. The third-order valence-electron chi connectivity index (χ3n) is 2.65. The number of nitro benzene ring substituents is 1. The van der Waals surface area contributed by atoms with Crippen LogP contribution in [0.1, 0.15) is 20.8 Å². The first-order chi connectivity index (χ1) is 8.39. The van der Waals surface area contributed by atoms with Crippen molar-refractivity contribution in [2.75, 3.05) is 0 Å². The van der Waals surface area contributed by atoms with E-state index in [1.807, 2.05) is 10.7 Å². The van der Waals surface area contributed by atoms with Crippen molar-refractivity contribution in [3.05, 3.63) is 46.6 Å². The van der Waals surface area contributed by atoms with Gasteiger partial charge in [0.2, 0.25) is 0 Å². The van der Waals surface area contributed by atoms with E-state index in [4.69, 9.17) is 0 Å². The Morgan fingerprint density at radius 2 is 1.78 bits per heavy atom. The molecule has 0 spiro atoms. The molecule has 0 radical (unpaired) electrons. The monoisotopic (exact) mass is 245 g/mol. The Balaban J connectivity index is 2.44. The summed E-state index contributed by atoms with van der Waals surface area (Å²) in [6.45, 7) is 6.19. The zero-order valence-corrected chi connectivity index (χ0v) is 10.6. The van der Waals surface area contributed by atoms with Gasteiger partial charge in [-0.1, -0.05) is 0 Å². The van der Waals surface area contributed by atoms with Gasteiger partial charge in [-0.15, -0.1) is 0 Å². The minimum absolute atomic E-state index is 0.0978. The fraction of sp³-hybridized carbons (Fsp3) is 0.308. The van der Waals surface area contributed by atoms with Crippen LogP contribution in [0.15, 0.2) is 36.5 Å². The van der Waals surface area contributed by atoms with Gasteiger partial charge in [0.15, 0.2) is 0 Å². The summed E-state index contributed by atoms with van der Waals surface area (Å²) in [6, 6.07) is 8.42. The smallest absolute Gasteiger partial charge is 0.260 e. The molecule has 0 bridgehead atoms. The van der Waals surface area contributed by atoms with Crippen molar-refractivity contribution in [1.82, 2.24) is 9.78 Å². The minimum Gasteiger partial charge on any atom is -0.260 e. The molecule has 2 rings (SSSR count). The van der Waals surface area contributed by atoms with Crippen LogP contribution in [-0.4, -0.2) is 14.7 Å². The van der Waals surface area contributed by atoms with E-state index in [9.17, 15) is 10.1 Å². The number of benzene rings is 1. The Hall–Kier alpha value is -2.17. The molecule has 94 valence electrons. The Bertz CT molecular complexity index is 565. The lowest BCUT2D eigenvalue weighted by Gasteiger charge is -2.22. The van der Waals surface area contributed by atoms with Crippen molar-refractivity contribution < 1.29 is 4.92 Å². The predicted molar refractivity (Wildman–Crippen MR) is 69.3 cm³/mol. The molecule has 0 aliphatic heterocycles. The highest BCUT2D eigenvalue weighted by Crippen LogP contribution is 2.26. The molecular weight excluding hydrogens is 230 g/mol. The molecule has 5 nitrogen and oxygen atoms in total. The number of rotatable bonds is 2. The van der Waals surface area contributed by atoms with Crippen LogP contribution in [0.3, 0.4) is 0 Å². The molecule has 2 aromatic rings. The average molecular weight is 245 g/mol. The molecule has 0 atom stereocenters. The summed E-state index contributed by atoms with van der Waals surface area (Å²) in [5, 5.41) is 14.9. The van der Waals surface area contributed by atoms with Gasteiger partial charge in [-0.3, -0.25) is 14.8 Å². The van der Waals surface area contributed by atoms with Gasteiger partial charge in [0, 0.05) is 23.9 Å². The second kappa shape index (κ2) is 4.25. The lowest BCUT2D eigenvalue weighted by atomic mass is 10.1. The Labute approximate surface area is 105 Å². The third-order valence-corrected chi connectivity index (χ3v) is 2.65. The van der Waals surface area contributed by atoms with E-state index in [-0.39, 0.29) is 11.2 Å². The van der Waals surface area contributed by atoms with Gasteiger partial charge in [0.25, 0.3) is 5.69 Å². The van der Waals surface area contributed by atoms with Gasteiger partial charge in [-0.05, 0) is 39.0 Å². The standard InChI is InChI=1S/C13H15N3O2/c1-13(2,3)15-12(8-9-14-15)10-4-6-11(7-5-10)16(17)18/h4-9H,1-3H3. The Morgan fingerprint density at radius 3 is 2.28 bits per heavy atom. The van der Waals surface area contributed by atoms with E-state index in [0.717, 1.165) is 11.3 Å². The highest BCUT2D eigenvalue weighted by atomic mass is 16.6. The number of hydrogen-bond acceptors (Lipinski definition) is 3. The first-order valence-electron chi connectivity index (χ1n) is 5.69. The molecule has 0 aliphatic rings. The zero-order chi connectivity index (χ0) is 13.3. The molecule has 0 unspecified atom stereocenters. The topological polar surface area (TPSA) is 61.0 Å². The number of nitrogens with zero attached hydrogens (tertiary/aromatic N) is 3. The molecule has 0 aliphatic carbocycles. The molecule has 0 saturated heterocycles. The second-order valence-corrected chi connectivity index (χ2v) is 5.10. The van der Waals surface area contributed by atoms with Crippen molar-refractivity contribution in [3.63, 3.8) is 0 Å². The maximum atomic E-state index is 10.6. The lowest BCUT2D eigenvalue weighted by Crippen LogP contribution is -2.23. The largest absolute Gasteiger partial charge is 0.269 e. The Morgan fingerprint density at radius 1 is 1.17 bits per heavy atom. The lowest BCUT2D eigenvalue weighted by molar-refractivity contribution is -0.384. The van der Waals surface area contributed by atoms with Crippen molar-refractivity contribution >= 4 is 5.69 Å². The van der Waals surface area contributed by atoms with Gasteiger partial charge < -0.3 is 0 Å². The van der Waals surface area contributed by atoms with Crippen molar-refractivity contribution in [1.29, 1.82) is 0 Å². The van der Waals surface area contributed by atoms with Crippen molar-refractivity contribution in [3.8, 4) is 11.3 Å². The molecule has 0 fully saturated rings. The number of aromatic nitrogens is 2. The fourth-order valence-corrected chi connectivity index (χ4v) is 1.81. The molecular formula is C13H15N3O2. The molecule has 1 aromatic heterocycles. The van der Waals surface area contributed by atoms with E-state index in [2.05, 4.69) is 25.9 Å². The number of non-ortho nitro benzene ring substituents is 1. The molecule has 1 heterocycles. The SMILES string of the molecule is CC(C)(C)n1nccc1-c1ccc([N+](=O)[O-])cc1. The summed E-state index contributed by atoms with van der Waals surface area (Å²) in [5.41, 5.74) is 1.85. The highest BCUT2D eigenvalue weighted by Gasteiger charge is 2.18. The molecule has 18 heavy (non-hydrogen) atoms. The summed E-state index contributed by atoms with van der Waals surface area (Å²) in [4.78, 5) is 10.2. The first kappa shape index (κ1) is 12.3. The summed E-state index contributed by atoms with van der Waals surface area (Å²) in [5.74, 6) is 0. The summed E-state index contributed by atoms with van der Waals surface area (Å²) < 4.78 is 1.91. The van der Waals surface area contributed by atoms with Crippen LogP contribution in [0.2, 0.25) is 0 Å². The number of hydrogen-bond donors (Lipinski definition) is 0. The normalized spacial score (nSPS) is 11.5. The summed E-state index contributed by atoms with van der Waals surface area (Å²) in [6.07, 6.45) is 1.74. The van der Waals surface area contributed by atoms with Crippen LogP contribution in [0.25, 0.3) is 11.3 Å². The molecule has 5 heteroatoms. The van der Waals surface area contributed by atoms with Crippen molar-refractivity contribution in [2.24, 2.45) is 0 Å². The highest BCUT2D eigenvalue weighted by molar-refractivity contribution is 5.61. The van der Waals surface area contributed by atoms with Gasteiger partial charge in [0.1, 0.15) is 0 Å². The van der Waals surface area contributed by atoms with Crippen LogP contribution in [0.4, 0.5) is 5.69 Å². The van der Waals surface area contributed by atoms with Crippen LogP contribution in [-0.2, 0) is 5.54 Å². The zero-order valence-electron chi connectivity index (χ0n) is 10.6. The Kier molecular flexibility index (Phi) is 2.90. The van der Waals surface area contributed by atoms with E-state index < -0.39 is 4.92 Å². The van der Waals surface area contributed by atoms with Gasteiger partial charge in [-0.2, -0.15) is 5.10 Å². The van der Waals surface area contributed by atoms with E-state index >= 15 is 0 Å². The van der Waals surface area contributed by atoms with Gasteiger partial charge in [-0.25, -0.2) is 0 Å². The van der Waals surface area contributed by atoms with E-state index in [0.29, 0.717) is 0 Å². The third kappa shape index (κ3) is 2.25. The van der Waals surface area contributed by atoms with E-state index in [1.165, 1.54) is 12.1 Å². The fourth-order valence-electron chi connectivity index (χ4n) is 1.81. The molecule has 1 aromatic carbocycles. The van der Waals surface area contributed by atoms with E-state index in [1.54, 1.807) is 18.3 Å². The quantitative estimate of drug-likeness (QED) is 0.603. The van der Waals surface area contributed by atoms with Crippen LogP contribution >= 0.6 is 0 Å². The van der Waals surface area contributed by atoms with Crippen LogP contribution in [0.5, 0.6) is 0 Å². The predicted octanol–water partition coefficient (Wildman–Crippen LogP) is 3.21. The molecule has 0 amide bonds. The van der Waals surface area contributed by atoms with Crippen molar-refractivity contribution in [2.45, 2.75) is 26.3 Å². The number of nitro groups is 1. The minimum atomic E-state index is -0.398. The van der Waals surface area contributed by atoms with Crippen LogP contribution < -0.4 is 0 Å². The molecule has 0 saturated carbocycles. The van der Waals surface area contributed by atoms with Crippen LogP contribution in [0, 0.1) is 10.1 Å². The summed E-state index contributed by atoms with van der Waals surface area (Å²) in [7, 11) is 0. The van der Waals surface area contributed by atoms with Gasteiger partial charge in [0.05, 0.1) is 16.2 Å². The average Bonchev–Trinajstić information content (AvgIpc) is 2.77. The molecule has 0 N–H and O–H groups in total. The maximum Gasteiger partial charge on any atom is 0.269 e.